The van der Waals surface area contributed by atoms with E-state index in [2.05, 4.69) is 15.5 Å². The Kier molecular flexibility index (Phi) is 8.82. The van der Waals surface area contributed by atoms with Crippen LogP contribution < -0.4 is 10.6 Å². The summed E-state index contributed by atoms with van der Waals surface area (Å²) in [5.41, 5.74) is 3.96. The first-order valence-corrected chi connectivity index (χ1v) is 12.8. The van der Waals surface area contributed by atoms with Gasteiger partial charge in [-0.3, -0.25) is 9.69 Å². The fourth-order valence-corrected chi connectivity index (χ4v) is 4.76. The number of nitrogens with one attached hydrogen (secondary N) is 2. The zero-order valence-electron chi connectivity index (χ0n) is 21.2. The summed E-state index contributed by atoms with van der Waals surface area (Å²) < 4.78 is 0. The maximum absolute atomic E-state index is 13.5. The topological polar surface area (TPSA) is 84.9 Å². The van der Waals surface area contributed by atoms with Gasteiger partial charge in [0.15, 0.2) is 0 Å². The van der Waals surface area contributed by atoms with Crippen molar-refractivity contribution in [2.24, 2.45) is 0 Å². The quantitative estimate of drug-likeness (QED) is 0.386. The largest absolute Gasteiger partial charge is 0.392 e. The highest BCUT2D eigenvalue weighted by molar-refractivity contribution is 6.30. The number of hydrogen-bond acceptors (Lipinski definition) is 4. The molecule has 2 atom stereocenters. The Labute approximate surface area is 223 Å². The first-order chi connectivity index (χ1) is 17.8. The van der Waals surface area contributed by atoms with Crippen LogP contribution in [-0.4, -0.2) is 59.6 Å². The van der Waals surface area contributed by atoms with Crippen molar-refractivity contribution >= 4 is 34.9 Å². The van der Waals surface area contributed by atoms with Crippen molar-refractivity contribution in [2.75, 3.05) is 37.3 Å². The highest BCUT2D eigenvalue weighted by atomic mass is 35.5. The highest BCUT2D eigenvalue weighted by Crippen LogP contribution is 2.26. The Morgan fingerprint density at radius 3 is 2.49 bits per heavy atom. The summed E-state index contributed by atoms with van der Waals surface area (Å²) in [6, 6.07) is 21.9. The lowest BCUT2D eigenvalue weighted by atomic mass is 10.0. The number of amides is 3. The van der Waals surface area contributed by atoms with Gasteiger partial charge in [-0.1, -0.05) is 59.6 Å². The van der Waals surface area contributed by atoms with E-state index in [-0.39, 0.29) is 24.5 Å². The number of carbonyl (C=O) groups excluding carboxylic acids is 2. The van der Waals surface area contributed by atoms with Crippen LogP contribution in [0.3, 0.4) is 0 Å². The monoisotopic (exact) mass is 520 g/mol. The van der Waals surface area contributed by atoms with Gasteiger partial charge in [0.05, 0.1) is 18.6 Å². The molecule has 1 heterocycles. The molecule has 0 spiro atoms. The number of likely N-dealkylation sites (tertiary alicyclic amines) is 1. The summed E-state index contributed by atoms with van der Waals surface area (Å²) in [5.74, 6) is -0.0992. The summed E-state index contributed by atoms with van der Waals surface area (Å²) in [7, 11) is 1.80. The minimum atomic E-state index is -0.400. The van der Waals surface area contributed by atoms with Gasteiger partial charge in [-0.05, 0) is 54.8 Å². The zero-order valence-corrected chi connectivity index (χ0v) is 21.9. The molecule has 0 aromatic heterocycles. The van der Waals surface area contributed by atoms with Crippen LogP contribution in [0.25, 0.3) is 0 Å². The van der Waals surface area contributed by atoms with E-state index in [0.717, 1.165) is 24.1 Å². The number of β-amino-alcohol motifs (C(OH)–C–C–N with tert-alkyl or cyclic N) is 1. The standard InChI is InChI=1S/C29H33ClN4O3/c1-20-8-11-24(12-9-20)31-29(37)32-26-13-10-23(30)16-22(26)17-28(36)33(2)27(21-6-4-3-5-7-21)19-34-15-14-25(35)18-34/h3-13,16,25,27,35H,14-15,17-19H2,1-2H3,(H2,31,32,37)/t25-,27+/m0/s1. The van der Waals surface area contributed by atoms with Gasteiger partial charge in [0.1, 0.15) is 0 Å². The Hall–Kier alpha value is -3.39. The number of aliphatic hydroxyl groups excluding tert-OH is 1. The Balaban J connectivity index is 1.48. The second kappa shape index (κ2) is 12.2. The number of likely N-dealkylation sites (N-methyl/N-ethyl adjacent to an activating group) is 1. The molecular weight excluding hydrogens is 488 g/mol. The van der Waals surface area contributed by atoms with Gasteiger partial charge in [-0.15, -0.1) is 0 Å². The number of aryl methyl sites for hydroxylation is 1. The first-order valence-electron chi connectivity index (χ1n) is 12.4. The lowest BCUT2D eigenvalue weighted by Crippen LogP contribution is -2.39. The highest BCUT2D eigenvalue weighted by Gasteiger charge is 2.28. The maximum Gasteiger partial charge on any atom is 0.323 e. The predicted molar refractivity (Wildman–Crippen MR) is 148 cm³/mol. The van der Waals surface area contributed by atoms with Gasteiger partial charge in [0.2, 0.25) is 5.91 Å². The van der Waals surface area contributed by atoms with Crippen LogP contribution in [0, 0.1) is 6.92 Å². The molecule has 4 rings (SSSR count). The molecule has 0 saturated carbocycles. The van der Waals surface area contributed by atoms with E-state index in [0.29, 0.717) is 35.1 Å². The van der Waals surface area contributed by atoms with E-state index in [1.807, 2.05) is 61.5 Å². The predicted octanol–water partition coefficient (Wildman–Crippen LogP) is 5.10. The number of benzene rings is 3. The molecule has 0 unspecified atom stereocenters. The minimum Gasteiger partial charge on any atom is -0.392 e. The third kappa shape index (κ3) is 7.32. The Morgan fingerprint density at radius 2 is 1.81 bits per heavy atom. The molecule has 1 aliphatic heterocycles. The normalized spacial score (nSPS) is 16.3. The van der Waals surface area contributed by atoms with Gasteiger partial charge in [-0.25, -0.2) is 4.79 Å². The van der Waals surface area contributed by atoms with E-state index >= 15 is 0 Å². The molecule has 0 aliphatic carbocycles. The van der Waals surface area contributed by atoms with Crippen molar-refractivity contribution in [3.05, 3.63) is 94.5 Å². The molecule has 3 N–H and O–H groups in total. The molecule has 3 aromatic rings. The maximum atomic E-state index is 13.5. The molecule has 1 aliphatic rings. The number of carbonyl (C=O) groups is 2. The fraction of sp³-hybridized carbons (Fsp3) is 0.310. The molecule has 0 radical (unpaired) electrons. The number of halogens is 1. The summed E-state index contributed by atoms with van der Waals surface area (Å²) >= 11 is 6.26. The second-order valence-corrected chi connectivity index (χ2v) is 9.99. The van der Waals surface area contributed by atoms with E-state index < -0.39 is 6.03 Å². The number of aliphatic hydroxyl groups is 1. The van der Waals surface area contributed by atoms with Gasteiger partial charge in [0, 0.05) is 43.1 Å². The third-order valence-electron chi connectivity index (χ3n) is 6.69. The van der Waals surface area contributed by atoms with Gasteiger partial charge < -0.3 is 20.6 Å². The number of rotatable bonds is 8. The van der Waals surface area contributed by atoms with E-state index in [4.69, 9.17) is 11.6 Å². The van der Waals surface area contributed by atoms with Crippen molar-refractivity contribution in [2.45, 2.75) is 31.9 Å². The number of nitrogens with zero attached hydrogens (tertiary/aromatic N) is 2. The van der Waals surface area contributed by atoms with Crippen molar-refractivity contribution < 1.29 is 14.7 Å². The van der Waals surface area contributed by atoms with Gasteiger partial charge >= 0.3 is 6.03 Å². The molecule has 7 nitrogen and oxygen atoms in total. The average molecular weight is 521 g/mol. The van der Waals surface area contributed by atoms with Gasteiger partial charge in [-0.2, -0.15) is 0 Å². The summed E-state index contributed by atoms with van der Waals surface area (Å²) in [5, 5.41) is 16.1. The van der Waals surface area contributed by atoms with Crippen LogP contribution in [0.5, 0.6) is 0 Å². The molecule has 8 heteroatoms. The summed E-state index contributed by atoms with van der Waals surface area (Å²) in [6.07, 6.45) is 0.480. The molecule has 3 aromatic carbocycles. The van der Waals surface area contributed by atoms with Crippen LogP contribution in [0.4, 0.5) is 16.2 Å². The van der Waals surface area contributed by atoms with Crippen molar-refractivity contribution in [1.82, 2.24) is 9.80 Å². The average Bonchev–Trinajstić information content (AvgIpc) is 3.30. The first kappa shape index (κ1) is 26.7. The molecule has 1 saturated heterocycles. The molecule has 194 valence electrons. The number of anilines is 2. The van der Waals surface area contributed by atoms with E-state index in [1.165, 1.54) is 0 Å². The van der Waals surface area contributed by atoms with Crippen molar-refractivity contribution in [1.29, 1.82) is 0 Å². The Bertz CT molecular complexity index is 1220. The summed E-state index contributed by atoms with van der Waals surface area (Å²) in [6.45, 7) is 4.01. The summed E-state index contributed by atoms with van der Waals surface area (Å²) in [4.78, 5) is 30.1. The molecule has 1 fully saturated rings. The molecule has 3 amide bonds. The van der Waals surface area contributed by atoms with Gasteiger partial charge in [0.25, 0.3) is 0 Å². The number of urea groups is 1. The molecule has 37 heavy (non-hydrogen) atoms. The van der Waals surface area contributed by atoms with E-state index in [9.17, 15) is 14.7 Å². The fourth-order valence-electron chi connectivity index (χ4n) is 4.56. The van der Waals surface area contributed by atoms with Crippen LogP contribution >= 0.6 is 11.6 Å². The van der Waals surface area contributed by atoms with Crippen molar-refractivity contribution in [3.8, 4) is 0 Å². The zero-order chi connectivity index (χ0) is 26.4. The third-order valence-corrected chi connectivity index (χ3v) is 6.93. The molecular formula is C29H33ClN4O3. The Morgan fingerprint density at radius 1 is 1.08 bits per heavy atom. The lowest BCUT2D eigenvalue weighted by Gasteiger charge is -2.32. The lowest BCUT2D eigenvalue weighted by molar-refractivity contribution is -0.131. The SMILES string of the molecule is Cc1ccc(NC(=O)Nc2ccc(Cl)cc2CC(=O)N(C)[C@H](CN2CC[C@H](O)C2)c2ccccc2)cc1. The van der Waals surface area contributed by atoms with Crippen LogP contribution in [0.1, 0.15) is 29.2 Å². The number of hydrogen-bond donors (Lipinski definition) is 3. The van der Waals surface area contributed by atoms with Crippen LogP contribution in [0.2, 0.25) is 5.02 Å². The van der Waals surface area contributed by atoms with Crippen molar-refractivity contribution in [3.63, 3.8) is 0 Å². The minimum absolute atomic E-state index is 0.0726. The van der Waals surface area contributed by atoms with E-state index in [1.54, 1.807) is 30.1 Å². The van der Waals surface area contributed by atoms with Crippen LogP contribution in [-0.2, 0) is 11.2 Å². The second-order valence-electron chi connectivity index (χ2n) is 9.56. The van der Waals surface area contributed by atoms with Crippen LogP contribution in [0.15, 0.2) is 72.8 Å². The smallest absolute Gasteiger partial charge is 0.323 e. The molecule has 0 bridgehead atoms.